The molecule has 0 radical (unpaired) electrons. The molecule has 81 heavy (non-hydrogen) atoms. The first kappa shape index (κ1) is 54.1. The number of hydrogen-bond acceptors (Lipinski definition) is 3. The zero-order chi connectivity index (χ0) is 57.5. The highest BCUT2D eigenvalue weighted by atomic mass is 15.2. The Bertz CT molecular complexity index is 3840. The molecule has 3 nitrogen and oxygen atoms in total. The molecule has 9 aromatic rings. The Morgan fingerprint density at radius 1 is 0.333 bits per heavy atom. The van der Waals surface area contributed by atoms with E-state index in [1.807, 2.05) is 0 Å². The van der Waals surface area contributed by atoms with Crippen LogP contribution in [0.15, 0.2) is 188 Å². The van der Waals surface area contributed by atoms with E-state index in [1.54, 1.807) is 0 Å². The van der Waals surface area contributed by atoms with Gasteiger partial charge < -0.3 is 14.7 Å². The third-order valence-electron chi connectivity index (χ3n) is 18.1. The first-order chi connectivity index (χ1) is 38.1. The van der Waals surface area contributed by atoms with E-state index in [4.69, 9.17) is 0 Å². The second-order valence-corrected chi connectivity index (χ2v) is 29.3. The summed E-state index contributed by atoms with van der Waals surface area (Å²) in [6, 6.07) is 73.2. The maximum Gasteiger partial charge on any atom is 0.252 e. The number of anilines is 9. The molecule has 0 aromatic heterocycles. The van der Waals surface area contributed by atoms with Crippen molar-refractivity contribution in [2.45, 2.75) is 150 Å². The van der Waals surface area contributed by atoms with E-state index in [9.17, 15) is 0 Å². The van der Waals surface area contributed by atoms with Gasteiger partial charge in [0, 0.05) is 56.6 Å². The van der Waals surface area contributed by atoms with Crippen LogP contribution in [0.4, 0.5) is 51.2 Å². The van der Waals surface area contributed by atoms with E-state index < -0.39 is 0 Å². The number of fused-ring (bicyclic) bond motifs is 7. The lowest BCUT2D eigenvalue weighted by Crippen LogP contribution is -2.61. The molecular formula is C77H82BN3. The number of hydrogen-bond donors (Lipinski definition) is 0. The summed E-state index contributed by atoms with van der Waals surface area (Å²) >= 11 is 0. The second kappa shape index (κ2) is 18.7. The minimum Gasteiger partial charge on any atom is -0.311 e. The normalized spacial score (nSPS) is 14.5. The molecular weight excluding hydrogens is 978 g/mol. The molecule has 4 heteroatoms. The van der Waals surface area contributed by atoms with E-state index in [2.05, 4.69) is 320 Å². The minimum absolute atomic E-state index is 0.0229. The van der Waals surface area contributed by atoms with Gasteiger partial charge in [-0.2, -0.15) is 0 Å². The maximum atomic E-state index is 2.65. The topological polar surface area (TPSA) is 9.72 Å². The van der Waals surface area contributed by atoms with Crippen molar-refractivity contribution in [2.75, 3.05) is 14.7 Å². The van der Waals surface area contributed by atoms with Gasteiger partial charge >= 0.3 is 0 Å². The lowest BCUT2D eigenvalue weighted by atomic mass is 9.33. The molecule has 0 bridgehead atoms. The van der Waals surface area contributed by atoms with Crippen LogP contribution < -0.4 is 31.1 Å². The summed E-state index contributed by atoms with van der Waals surface area (Å²) in [6.07, 6.45) is 0. The van der Waals surface area contributed by atoms with Gasteiger partial charge in [0.1, 0.15) is 0 Å². The van der Waals surface area contributed by atoms with Gasteiger partial charge in [-0.3, -0.25) is 0 Å². The van der Waals surface area contributed by atoms with Crippen LogP contribution in [0.1, 0.15) is 157 Å². The van der Waals surface area contributed by atoms with E-state index in [1.165, 1.54) is 100 Å². The molecule has 0 atom stereocenters. The highest BCUT2D eigenvalue weighted by molar-refractivity contribution is 7.00. The predicted molar refractivity (Wildman–Crippen MR) is 352 cm³/mol. The molecule has 0 amide bonds. The van der Waals surface area contributed by atoms with Crippen LogP contribution in [0.5, 0.6) is 0 Å². The second-order valence-electron chi connectivity index (χ2n) is 29.3. The summed E-state index contributed by atoms with van der Waals surface area (Å²) in [5.41, 5.74) is 28.7. The smallest absolute Gasteiger partial charge is 0.252 e. The van der Waals surface area contributed by atoms with Crippen LogP contribution in [-0.4, -0.2) is 6.71 Å². The van der Waals surface area contributed by atoms with E-state index in [0.717, 1.165) is 28.4 Å². The Morgan fingerprint density at radius 2 is 0.778 bits per heavy atom. The monoisotopic (exact) mass is 1060 g/mol. The Balaban J connectivity index is 1.13. The lowest BCUT2D eigenvalue weighted by Gasteiger charge is -2.46. The quantitative estimate of drug-likeness (QED) is 0.154. The summed E-state index contributed by atoms with van der Waals surface area (Å²) in [5, 5.41) is 0. The zero-order valence-corrected chi connectivity index (χ0v) is 51.3. The molecule has 1 aliphatic carbocycles. The van der Waals surface area contributed by atoms with Gasteiger partial charge in [0.15, 0.2) is 0 Å². The van der Waals surface area contributed by atoms with Crippen molar-refractivity contribution in [3.63, 3.8) is 0 Å². The largest absolute Gasteiger partial charge is 0.311 e. The molecule has 0 spiro atoms. The summed E-state index contributed by atoms with van der Waals surface area (Å²) in [6.45, 7) is 39.6. The van der Waals surface area contributed by atoms with Crippen molar-refractivity contribution in [2.24, 2.45) is 0 Å². The third-order valence-corrected chi connectivity index (χ3v) is 18.1. The van der Waals surface area contributed by atoms with Gasteiger partial charge in [0.05, 0.1) is 0 Å². The molecule has 3 aliphatic rings. The summed E-state index contributed by atoms with van der Waals surface area (Å²) < 4.78 is 0. The van der Waals surface area contributed by atoms with Crippen LogP contribution in [0.3, 0.4) is 0 Å². The molecule has 0 saturated heterocycles. The molecule has 0 fully saturated rings. The van der Waals surface area contributed by atoms with Crippen LogP contribution in [0.25, 0.3) is 22.3 Å². The first-order valence-corrected chi connectivity index (χ1v) is 29.6. The molecule has 0 N–H and O–H groups in total. The van der Waals surface area contributed by atoms with Gasteiger partial charge in [-0.05, 0) is 184 Å². The Kier molecular flexibility index (Phi) is 12.5. The van der Waals surface area contributed by atoms with E-state index in [-0.39, 0.29) is 39.2 Å². The van der Waals surface area contributed by atoms with Crippen LogP contribution in [-0.2, 0) is 32.5 Å². The van der Waals surface area contributed by atoms with Crippen molar-refractivity contribution >= 4 is 74.3 Å². The van der Waals surface area contributed by atoms with Crippen molar-refractivity contribution < 1.29 is 0 Å². The predicted octanol–water partition coefficient (Wildman–Crippen LogP) is 19.7. The van der Waals surface area contributed by atoms with Gasteiger partial charge in [0.2, 0.25) is 0 Å². The maximum absolute atomic E-state index is 2.65. The summed E-state index contributed by atoms with van der Waals surface area (Å²) in [4.78, 5) is 7.71. The number of rotatable bonds is 6. The van der Waals surface area contributed by atoms with Crippen molar-refractivity contribution in [3.8, 4) is 22.3 Å². The SMILES string of the molecule is CC(C)(C)c1ccc(-c2ccc(N3c4ccc(C(C)(C)C)cc4B4c5ccc(N(c6ccc(C(C)(C)C)cc6)c6ccc(C(C)(C)C)cc6)cc5N(c5ccc6c(c5)C(C)(C)c5ccccc5-6)c5cc(C(C)(C)C)cc3c54)cc2)cc1. The van der Waals surface area contributed by atoms with E-state index >= 15 is 0 Å². The molecule has 9 aromatic carbocycles. The molecule has 0 unspecified atom stereocenters. The van der Waals surface area contributed by atoms with E-state index in [0.29, 0.717) is 0 Å². The third kappa shape index (κ3) is 9.32. The highest BCUT2D eigenvalue weighted by Gasteiger charge is 2.46. The summed E-state index contributed by atoms with van der Waals surface area (Å²) in [7, 11) is 0. The molecule has 0 saturated carbocycles. The molecule has 2 aliphatic heterocycles. The Labute approximate surface area is 485 Å². The molecule has 408 valence electrons. The Hall–Kier alpha value is -7.56. The van der Waals surface area contributed by atoms with Crippen LogP contribution in [0, 0.1) is 0 Å². The fourth-order valence-electron chi connectivity index (χ4n) is 13.0. The van der Waals surface area contributed by atoms with Crippen molar-refractivity contribution in [1.82, 2.24) is 0 Å². The minimum atomic E-state index is -0.188. The Morgan fingerprint density at radius 3 is 1.31 bits per heavy atom. The van der Waals surface area contributed by atoms with Gasteiger partial charge in [-0.25, -0.2) is 0 Å². The fraction of sp³-hybridized carbons (Fsp3) is 0.299. The lowest BCUT2D eigenvalue weighted by molar-refractivity contribution is 0.590. The van der Waals surface area contributed by atoms with Crippen molar-refractivity contribution in [3.05, 3.63) is 227 Å². The summed E-state index contributed by atoms with van der Waals surface area (Å²) in [5.74, 6) is 0. The van der Waals surface area contributed by atoms with Crippen molar-refractivity contribution in [1.29, 1.82) is 0 Å². The molecule has 12 rings (SSSR count). The van der Waals surface area contributed by atoms with Crippen LogP contribution in [0.2, 0.25) is 0 Å². The van der Waals surface area contributed by atoms with Crippen LogP contribution >= 0.6 is 0 Å². The standard InChI is InChI=1S/C77H82BN3/c1-72(2,3)51-26-22-49(23-27-51)50-24-33-58(34-25-50)80-67-43-32-54(75(10,11)12)44-66(67)78-65-42-40-60(79(56-35-28-52(29-36-56)73(4,5)6)57-37-30-53(31-38-57)74(7,8)9)48-68(65)81(70-46-55(76(13,14)15)45-69(80)71(70)78)59-39-41-62-61-20-18-19-21-63(61)77(16,17)64(62)47-59/h18-48H,1-17H3. The number of benzene rings is 9. The van der Waals surface area contributed by atoms with Gasteiger partial charge in [-0.15, -0.1) is 0 Å². The van der Waals surface area contributed by atoms with Gasteiger partial charge in [-0.1, -0.05) is 227 Å². The number of nitrogens with zero attached hydrogens (tertiary/aromatic N) is 3. The zero-order valence-electron chi connectivity index (χ0n) is 51.3. The first-order valence-electron chi connectivity index (χ1n) is 29.6. The molecule has 2 heterocycles. The highest BCUT2D eigenvalue weighted by Crippen LogP contribution is 2.53. The average molecular weight is 1060 g/mol. The fourth-order valence-corrected chi connectivity index (χ4v) is 13.0. The average Bonchev–Trinajstić information content (AvgIpc) is 1.69. The van der Waals surface area contributed by atoms with Gasteiger partial charge in [0.25, 0.3) is 6.71 Å².